The minimum atomic E-state index is 0.802. The number of methoxy groups -OCH3 is 1. The van der Waals surface area contributed by atoms with E-state index in [1.807, 2.05) is 12.1 Å². The Morgan fingerprint density at radius 1 is 0.800 bits per heavy atom. The normalized spacial score (nSPS) is 14.2. The van der Waals surface area contributed by atoms with E-state index in [9.17, 15) is 0 Å². The largest absolute Gasteiger partial charge is 0.496 e. The third kappa shape index (κ3) is 4.66. The molecule has 1 heterocycles. The Kier molecular flexibility index (Phi) is 6.67. The van der Waals surface area contributed by atoms with E-state index in [0.29, 0.717) is 0 Å². The van der Waals surface area contributed by atoms with E-state index >= 15 is 0 Å². The van der Waals surface area contributed by atoms with Gasteiger partial charge in [-0.2, -0.15) is 0 Å². The van der Waals surface area contributed by atoms with E-state index < -0.39 is 0 Å². The fraction of sp³-hybridized carbons (Fsp3) is 0.308. The molecule has 0 spiro atoms. The van der Waals surface area contributed by atoms with Crippen molar-refractivity contribution in [2.75, 3.05) is 45.4 Å². The number of ether oxygens (including phenoxy) is 2. The number of morpholine rings is 1. The van der Waals surface area contributed by atoms with Gasteiger partial charge in [0.15, 0.2) is 0 Å². The molecule has 0 unspecified atom stereocenters. The molecule has 4 heteroatoms. The van der Waals surface area contributed by atoms with Crippen molar-refractivity contribution in [3.8, 4) is 16.9 Å². The number of hydrogen-bond acceptors (Lipinski definition) is 4. The molecule has 0 atom stereocenters. The molecule has 1 fully saturated rings. The van der Waals surface area contributed by atoms with Crippen LogP contribution < -0.4 is 9.64 Å². The molecule has 0 aromatic heterocycles. The molecule has 4 nitrogen and oxygen atoms in total. The molecule has 1 saturated heterocycles. The van der Waals surface area contributed by atoms with Crippen LogP contribution in [0.3, 0.4) is 0 Å². The molecule has 0 amide bonds. The van der Waals surface area contributed by atoms with Gasteiger partial charge in [0.1, 0.15) is 5.75 Å². The van der Waals surface area contributed by atoms with Gasteiger partial charge in [-0.25, -0.2) is 0 Å². The average Bonchev–Trinajstić information content (AvgIpc) is 2.80. The molecular weight excluding hydrogens is 372 g/mol. The van der Waals surface area contributed by atoms with Gasteiger partial charge in [-0.3, -0.25) is 4.90 Å². The second-order valence-electron chi connectivity index (χ2n) is 7.76. The Bertz CT molecular complexity index is 967. The smallest absolute Gasteiger partial charge is 0.126 e. The predicted octanol–water partition coefficient (Wildman–Crippen LogP) is 4.83. The second kappa shape index (κ2) is 9.79. The topological polar surface area (TPSA) is 24.9 Å². The average molecular weight is 403 g/mol. The Hall–Kier alpha value is -2.82. The molecule has 3 aromatic carbocycles. The number of para-hydroxylation sites is 2. The highest BCUT2D eigenvalue weighted by molar-refractivity contribution is 5.73. The lowest BCUT2D eigenvalue weighted by Gasteiger charge is -2.31. The van der Waals surface area contributed by atoms with Gasteiger partial charge < -0.3 is 14.4 Å². The van der Waals surface area contributed by atoms with Gasteiger partial charge in [-0.1, -0.05) is 60.7 Å². The van der Waals surface area contributed by atoms with Crippen molar-refractivity contribution in [2.45, 2.75) is 13.1 Å². The van der Waals surface area contributed by atoms with Crippen LogP contribution in [0.2, 0.25) is 0 Å². The molecule has 1 aliphatic rings. The molecule has 0 saturated carbocycles. The van der Waals surface area contributed by atoms with Gasteiger partial charge in [0.05, 0.1) is 20.3 Å². The summed E-state index contributed by atoms with van der Waals surface area (Å²) in [5, 5.41) is 0. The molecule has 4 rings (SSSR count). The molecule has 0 bridgehead atoms. The zero-order valence-corrected chi connectivity index (χ0v) is 17.9. The summed E-state index contributed by atoms with van der Waals surface area (Å²) < 4.78 is 11.1. The number of anilines is 1. The highest BCUT2D eigenvalue weighted by atomic mass is 16.5. The van der Waals surface area contributed by atoms with Crippen LogP contribution in [0, 0.1) is 0 Å². The summed E-state index contributed by atoms with van der Waals surface area (Å²) in [6, 6.07) is 25.6. The van der Waals surface area contributed by atoms with Gasteiger partial charge in [0.2, 0.25) is 0 Å². The van der Waals surface area contributed by atoms with E-state index in [2.05, 4.69) is 77.5 Å². The van der Waals surface area contributed by atoms with Crippen LogP contribution in [0.25, 0.3) is 11.1 Å². The zero-order valence-electron chi connectivity index (χ0n) is 17.9. The van der Waals surface area contributed by atoms with E-state index in [1.165, 1.54) is 22.4 Å². The van der Waals surface area contributed by atoms with E-state index in [0.717, 1.165) is 50.7 Å². The first kappa shape index (κ1) is 20.5. The minimum Gasteiger partial charge on any atom is -0.496 e. The number of rotatable bonds is 7. The standard InChI is InChI=1S/C26H30N2O2/c1-27(20-22-10-4-7-13-25(22)28-15-17-30-18-16-28)19-21-9-3-5-11-23(21)24-12-6-8-14-26(24)29-2/h3-14H,15-20H2,1-2H3. The minimum absolute atomic E-state index is 0.802. The Morgan fingerprint density at radius 2 is 1.40 bits per heavy atom. The van der Waals surface area contributed by atoms with Crippen LogP contribution in [-0.2, 0) is 17.8 Å². The summed E-state index contributed by atoms with van der Waals surface area (Å²) in [6.45, 7) is 5.28. The SMILES string of the molecule is COc1ccccc1-c1ccccc1CN(C)Cc1ccccc1N1CCOCC1. The third-order valence-corrected chi connectivity index (χ3v) is 5.64. The summed E-state index contributed by atoms with van der Waals surface area (Å²) in [4.78, 5) is 4.82. The lowest BCUT2D eigenvalue weighted by Crippen LogP contribution is -2.37. The first-order valence-corrected chi connectivity index (χ1v) is 10.6. The highest BCUT2D eigenvalue weighted by Crippen LogP contribution is 2.33. The van der Waals surface area contributed by atoms with Crippen molar-refractivity contribution in [3.63, 3.8) is 0 Å². The monoisotopic (exact) mass is 402 g/mol. The van der Waals surface area contributed by atoms with Crippen LogP contribution in [0.15, 0.2) is 72.8 Å². The van der Waals surface area contributed by atoms with Gasteiger partial charge in [-0.15, -0.1) is 0 Å². The van der Waals surface area contributed by atoms with E-state index in [-0.39, 0.29) is 0 Å². The number of benzene rings is 3. The van der Waals surface area contributed by atoms with Crippen molar-refractivity contribution in [1.82, 2.24) is 4.90 Å². The molecular formula is C26H30N2O2. The fourth-order valence-electron chi connectivity index (χ4n) is 4.18. The lowest BCUT2D eigenvalue weighted by atomic mass is 9.98. The maximum absolute atomic E-state index is 5.61. The molecule has 30 heavy (non-hydrogen) atoms. The quantitative estimate of drug-likeness (QED) is 0.565. The molecule has 0 radical (unpaired) electrons. The molecule has 1 aliphatic heterocycles. The van der Waals surface area contributed by atoms with Crippen molar-refractivity contribution >= 4 is 5.69 Å². The first-order chi connectivity index (χ1) is 14.8. The Balaban J connectivity index is 1.54. The third-order valence-electron chi connectivity index (χ3n) is 5.64. The van der Waals surface area contributed by atoms with Gasteiger partial charge >= 0.3 is 0 Å². The number of hydrogen-bond donors (Lipinski definition) is 0. The summed E-state index contributed by atoms with van der Waals surface area (Å²) in [7, 11) is 3.92. The summed E-state index contributed by atoms with van der Waals surface area (Å²) in [5.41, 5.74) is 6.34. The second-order valence-corrected chi connectivity index (χ2v) is 7.76. The van der Waals surface area contributed by atoms with Crippen molar-refractivity contribution < 1.29 is 9.47 Å². The fourth-order valence-corrected chi connectivity index (χ4v) is 4.18. The molecule has 0 aliphatic carbocycles. The van der Waals surface area contributed by atoms with Crippen LogP contribution in [0.4, 0.5) is 5.69 Å². The van der Waals surface area contributed by atoms with Crippen molar-refractivity contribution in [3.05, 3.63) is 83.9 Å². The van der Waals surface area contributed by atoms with E-state index in [1.54, 1.807) is 7.11 Å². The maximum atomic E-state index is 5.61. The van der Waals surface area contributed by atoms with Crippen LogP contribution in [-0.4, -0.2) is 45.4 Å². The van der Waals surface area contributed by atoms with E-state index in [4.69, 9.17) is 9.47 Å². The van der Waals surface area contributed by atoms with Crippen molar-refractivity contribution in [1.29, 1.82) is 0 Å². The van der Waals surface area contributed by atoms with Crippen LogP contribution in [0.5, 0.6) is 5.75 Å². The van der Waals surface area contributed by atoms with Gasteiger partial charge in [-0.05, 0) is 35.9 Å². The summed E-state index contributed by atoms with van der Waals surface area (Å²) in [5.74, 6) is 0.908. The predicted molar refractivity (Wildman–Crippen MR) is 123 cm³/mol. The zero-order chi connectivity index (χ0) is 20.8. The molecule has 3 aromatic rings. The lowest BCUT2D eigenvalue weighted by molar-refractivity contribution is 0.122. The van der Waals surface area contributed by atoms with Crippen LogP contribution >= 0.6 is 0 Å². The molecule has 156 valence electrons. The summed E-state index contributed by atoms with van der Waals surface area (Å²) >= 11 is 0. The summed E-state index contributed by atoms with van der Waals surface area (Å²) in [6.07, 6.45) is 0. The van der Waals surface area contributed by atoms with Crippen LogP contribution in [0.1, 0.15) is 11.1 Å². The Labute approximate surface area is 179 Å². The van der Waals surface area contributed by atoms with Crippen molar-refractivity contribution in [2.24, 2.45) is 0 Å². The molecule has 0 N–H and O–H groups in total. The maximum Gasteiger partial charge on any atom is 0.126 e. The van der Waals surface area contributed by atoms with Gasteiger partial charge in [0, 0.05) is 37.4 Å². The highest BCUT2D eigenvalue weighted by Gasteiger charge is 2.16. The van der Waals surface area contributed by atoms with Gasteiger partial charge in [0.25, 0.3) is 0 Å². The number of nitrogens with zero attached hydrogens (tertiary/aromatic N) is 2. The first-order valence-electron chi connectivity index (χ1n) is 10.6. The Morgan fingerprint density at radius 3 is 2.17 bits per heavy atom.